The summed E-state index contributed by atoms with van der Waals surface area (Å²) < 4.78 is 0. The Morgan fingerprint density at radius 2 is 1.79 bits per heavy atom. The smallest absolute Gasteiger partial charge is 0.269 e. The van der Waals surface area contributed by atoms with Crippen molar-refractivity contribution < 1.29 is 4.92 Å². The van der Waals surface area contributed by atoms with E-state index in [1.165, 1.54) is 37.7 Å². The lowest BCUT2D eigenvalue weighted by atomic mass is 9.71. The van der Waals surface area contributed by atoms with Gasteiger partial charge in [-0.15, -0.1) is 0 Å². The van der Waals surface area contributed by atoms with Gasteiger partial charge in [-0.2, -0.15) is 0 Å². The van der Waals surface area contributed by atoms with Crippen molar-refractivity contribution >= 4 is 5.69 Å². The molecular formula is C15H22N2O2. The van der Waals surface area contributed by atoms with Crippen LogP contribution >= 0.6 is 0 Å². The van der Waals surface area contributed by atoms with Gasteiger partial charge in [0.1, 0.15) is 0 Å². The van der Waals surface area contributed by atoms with Gasteiger partial charge in [-0.25, -0.2) is 0 Å². The number of rotatable bonds is 5. The Kier molecular flexibility index (Phi) is 4.53. The fourth-order valence-electron chi connectivity index (χ4n) is 3.05. The summed E-state index contributed by atoms with van der Waals surface area (Å²) in [6.07, 6.45) is 8.44. The van der Waals surface area contributed by atoms with Crippen molar-refractivity contribution in [1.82, 2.24) is 0 Å². The van der Waals surface area contributed by atoms with E-state index in [1.54, 1.807) is 12.1 Å². The van der Waals surface area contributed by atoms with Crippen molar-refractivity contribution in [3.8, 4) is 0 Å². The summed E-state index contributed by atoms with van der Waals surface area (Å²) in [5.74, 6) is 0. The first kappa shape index (κ1) is 14.0. The predicted octanol–water partition coefficient (Wildman–Crippen LogP) is 3.44. The molecule has 0 amide bonds. The van der Waals surface area contributed by atoms with Crippen molar-refractivity contribution in [2.24, 2.45) is 11.1 Å². The molecule has 0 atom stereocenters. The fraction of sp³-hybridized carbons (Fsp3) is 0.600. The Morgan fingerprint density at radius 3 is 2.32 bits per heavy atom. The molecule has 0 unspecified atom stereocenters. The van der Waals surface area contributed by atoms with Gasteiger partial charge in [-0.1, -0.05) is 31.4 Å². The van der Waals surface area contributed by atoms with E-state index >= 15 is 0 Å². The molecule has 4 heteroatoms. The quantitative estimate of drug-likeness (QED) is 0.652. The van der Waals surface area contributed by atoms with Crippen LogP contribution in [0.2, 0.25) is 0 Å². The largest absolute Gasteiger partial charge is 0.330 e. The maximum atomic E-state index is 10.6. The number of aryl methyl sites for hydroxylation is 1. The number of nitrogens with zero attached hydrogens (tertiary/aromatic N) is 1. The molecule has 0 aromatic heterocycles. The highest BCUT2D eigenvalue weighted by atomic mass is 16.6. The lowest BCUT2D eigenvalue weighted by molar-refractivity contribution is -0.384. The van der Waals surface area contributed by atoms with E-state index in [-0.39, 0.29) is 10.6 Å². The van der Waals surface area contributed by atoms with Crippen molar-refractivity contribution in [2.45, 2.75) is 44.9 Å². The average molecular weight is 262 g/mol. The summed E-state index contributed by atoms with van der Waals surface area (Å²) in [7, 11) is 0. The van der Waals surface area contributed by atoms with Crippen LogP contribution in [0.1, 0.15) is 44.1 Å². The molecule has 19 heavy (non-hydrogen) atoms. The summed E-state index contributed by atoms with van der Waals surface area (Å²) in [6, 6.07) is 6.91. The molecule has 0 aliphatic heterocycles. The molecule has 0 radical (unpaired) electrons. The van der Waals surface area contributed by atoms with E-state index in [0.717, 1.165) is 19.4 Å². The van der Waals surface area contributed by atoms with Crippen LogP contribution in [0.15, 0.2) is 24.3 Å². The van der Waals surface area contributed by atoms with E-state index in [1.807, 2.05) is 12.1 Å². The highest BCUT2D eigenvalue weighted by molar-refractivity contribution is 5.32. The van der Waals surface area contributed by atoms with Gasteiger partial charge in [-0.05, 0) is 43.2 Å². The molecule has 1 aliphatic rings. The molecule has 0 bridgehead atoms. The standard InChI is InChI=1S/C15H22N2O2/c16-12-15(9-2-1-3-10-15)11-8-13-4-6-14(7-5-13)17(18)19/h4-7H,1-3,8-12,16H2. The maximum absolute atomic E-state index is 10.6. The van der Waals surface area contributed by atoms with E-state index in [4.69, 9.17) is 5.73 Å². The molecule has 4 nitrogen and oxygen atoms in total. The van der Waals surface area contributed by atoms with Crippen LogP contribution in [0.25, 0.3) is 0 Å². The molecule has 1 aromatic carbocycles. The van der Waals surface area contributed by atoms with E-state index in [0.29, 0.717) is 5.41 Å². The number of hydrogen-bond donors (Lipinski definition) is 1. The molecule has 1 saturated carbocycles. The van der Waals surface area contributed by atoms with Gasteiger partial charge in [0.25, 0.3) is 5.69 Å². The highest BCUT2D eigenvalue weighted by Gasteiger charge is 2.29. The molecular weight excluding hydrogens is 240 g/mol. The third-order valence-electron chi connectivity index (χ3n) is 4.44. The van der Waals surface area contributed by atoms with Gasteiger partial charge in [0.15, 0.2) is 0 Å². The molecule has 0 heterocycles. The fourth-order valence-corrected chi connectivity index (χ4v) is 3.05. The summed E-state index contributed by atoms with van der Waals surface area (Å²) in [6.45, 7) is 0.764. The molecule has 2 N–H and O–H groups in total. The summed E-state index contributed by atoms with van der Waals surface area (Å²) in [5.41, 5.74) is 7.61. The van der Waals surface area contributed by atoms with Crippen LogP contribution in [0.3, 0.4) is 0 Å². The average Bonchev–Trinajstić information content (AvgIpc) is 2.46. The number of benzene rings is 1. The van der Waals surface area contributed by atoms with E-state index in [9.17, 15) is 10.1 Å². The first-order chi connectivity index (χ1) is 9.15. The van der Waals surface area contributed by atoms with Gasteiger partial charge in [0.2, 0.25) is 0 Å². The second-order valence-corrected chi connectivity index (χ2v) is 5.69. The zero-order chi connectivity index (χ0) is 13.7. The van der Waals surface area contributed by atoms with Crippen molar-refractivity contribution in [1.29, 1.82) is 0 Å². The van der Waals surface area contributed by atoms with Crippen molar-refractivity contribution in [3.05, 3.63) is 39.9 Å². The van der Waals surface area contributed by atoms with Crippen LogP contribution in [-0.4, -0.2) is 11.5 Å². The first-order valence-electron chi connectivity index (χ1n) is 7.09. The monoisotopic (exact) mass is 262 g/mol. The minimum Gasteiger partial charge on any atom is -0.330 e. The Hall–Kier alpha value is -1.42. The number of nitrogens with two attached hydrogens (primary N) is 1. The lowest BCUT2D eigenvalue weighted by Gasteiger charge is -2.36. The SMILES string of the molecule is NCC1(CCc2ccc([N+](=O)[O-])cc2)CCCCC1. The van der Waals surface area contributed by atoms with Crippen LogP contribution in [0.5, 0.6) is 0 Å². The molecule has 2 rings (SSSR count). The second-order valence-electron chi connectivity index (χ2n) is 5.69. The van der Waals surface area contributed by atoms with Crippen molar-refractivity contribution in [2.75, 3.05) is 6.54 Å². The Morgan fingerprint density at radius 1 is 1.16 bits per heavy atom. The third-order valence-corrected chi connectivity index (χ3v) is 4.44. The Labute approximate surface area is 114 Å². The summed E-state index contributed by atoms with van der Waals surface area (Å²) in [5, 5.41) is 10.6. The molecule has 1 fully saturated rings. The van der Waals surface area contributed by atoms with Gasteiger partial charge in [-0.3, -0.25) is 10.1 Å². The topological polar surface area (TPSA) is 69.2 Å². The predicted molar refractivity (Wildman–Crippen MR) is 76.0 cm³/mol. The second kappa shape index (κ2) is 6.15. The van der Waals surface area contributed by atoms with Crippen LogP contribution in [0.4, 0.5) is 5.69 Å². The van der Waals surface area contributed by atoms with Gasteiger partial charge in [0.05, 0.1) is 4.92 Å². The Bertz CT molecular complexity index is 422. The molecule has 0 spiro atoms. The highest BCUT2D eigenvalue weighted by Crippen LogP contribution is 2.39. The number of non-ortho nitro benzene ring substituents is 1. The van der Waals surface area contributed by atoms with E-state index in [2.05, 4.69) is 0 Å². The van der Waals surface area contributed by atoms with Crippen LogP contribution in [0, 0.1) is 15.5 Å². The van der Waals surface area contributed by atoms with Crippen LogP contribution in [-0.2, 0) is 6.42 Å². The minimum atomic E-state index is -0.355. The first-order valence-corrected chi connectivity index (χ1v) is 7.09. The van der Waals surface area contributed by atoms with Crippen LogP contribution < -0.4 is 5.73 Å². The van der Waals surface area contributed by atoms with Crippen molar-refractivity contribution in [3.63, 3.8) is 0 Å². The molecule has 104 valence electrons. The Balaban J connectivity index is 1.95. The zero-order valence-electron chi connectivity index (χ0n) is 11.3. The summed E-state index contributed by atoms with van der Waals surface area (Å²) in [4.78, 5) is 10.2. The maximum Gasteiger partial charge on any atom is 0.269 e. The molecule has 1 aliphatic carbocycles. The number of nitro groups is 1. The third kappa shape index (κ3) is 3.53. The van der Waals surface area contributed by atoms with Gasteiger partial charge >= 0.3 is 0 Å². The van der Waals surface area contributed by atoms with E-state index < -0.39 is 0 Å². The number of nitro benzene ring substituents is 1. The lowest BCUT2D eigenvalue weighted by Crippen LogP contribution is -2.33. The minimum absolute atomic E-state index is 0.162. The molecule has 1 aromatic rings. The van der Waals surface area contributed by atoms with Gasteiger partial charge in [0, 0.05) is 12.1 Å². The normalized spacial score (nSPS) is 18.2. The summed E-state index contributed by atoms with van der Waals surface area (Å²) >= 11 is 0. The zero-order valence-corrected chi connectivity index (χ0v) is 11.3. The number of hydrogen-bond acceptors (Lipinski definition) is 3. The molecule has 0 saturated heterocycles. The van der Waals surface area contributed by atoms with Gasteiger partial charge < -0.3 is 5.73 Å².